The molecule has 1 heterocycles. The van der Waals surface area contributed by atoms with E-state index in [1.165, 1.54) is 18.3 Å². The van der Waals surface area contributed by atoms with Gasteiger partial charge in [0, 0.05) is 29.1 Å². The number of nitrogens with two attached hydrogens (primary N) is 3. The predicted molar refractivity (Wildman–Crippen MR) is 231 cm³/mol. The van der Waals surface area contributed by atoms with Gasteiger partial charge in [-0.15, -0.1) is 0 Å². The van der Waals surface area contributed by atoms with Gasteiger partial charge in [0.25, 0.3) is 0 Å². The zero-order chi connectivity index (χ0) is 43.8. The van der Waals surface area contributed by atoms with E-state index in [0.717, 1.165) is 17.5 Å². The third-order valence-electron chi connectivity index (χ3n) is 9.54. The molecule has 59 heavy (non-hydrogen) atoms. The first-order valence-electron chi connectivity index (χ1n) is 18.8. The summed E-state index contributed by atoms with van der Waals surface area (Å²) in [5.41, 5.74) is 18.0. The Bertz CT molecular complexity index is 1850. The van der Waals surface area contributed by atoms with E-state index in [-0.39, 0.29) is 55.0 Å². The number of hydrogen-bond donors (Lipinski definition) is 11. The Morgan fingerprint density at radius 1 is 0.729 bits per heavy atom. The summed E-state index contributed by atoms with van der Waals surface area (Å²) in [4.78, 5) is 70.0. The average molecular weight is 884 g/mol. The second-order valence-corrected chi connectivity index (χ2v) is 15.4. The zero-order valence-electron chi connectivity index (χ0n) is 32.6. The van der Waals surface area contributed by atoms with Crippen molar-refractivity contribution in [3.8, 4) is 0 Å². The van der Waals surface area contributed by atoms with Crippen LogP contribution in [-0.4, -0.2) is 126 Å². The molecule has 21 heteroatoms. The number of benzene rings is 2. The summed E-state index contributed by atoms with van der Waals surface area (Å²) in [7, 11) is 1.89. The van der Waals surface area contributed by atoms with Crippen LogP contribution in [0.3, 0.4) is 0 Å². The highest BCUT2D eigenvalue weighted by atomic mass is 32.1. The maximum Gasteiger partial charge on any atom is 0.416 e. The predicted octanol–water partition coefficient (Wildman–Crippen LogP) is 0.635. The van der Waals surface area contributed by atoms with E-state index < -0.39 is 59.7 Å². The van der Waals surface area contributed by atoms with E-state index in [9.17, 15) is 37.1 Å². The molecule has 0 aliphatic heterocycles. The van der Waals surface area contributed by atoms with Crippen LogP contribution < -0.4 is 43.8 Å². The van der Waals surface area contributed by atoms with Crippen LogP contribution in [0.4, 0.5) is 18.9 Å². The molecule has 3 unspecified atom stereocenters. The van der Waals surface area contributed by atoms with Crippen molar-refractivity contribution >= 4 is 84.0 Å². The van der Waals surface area contributed by atoms with Crippen molar-refractivity contribution in [2.45, 2.75) is 55.6 Å². The van der Waals surface area contributed by atoms with E-state index in [0.29, 0.717) is 47.3 Å². The molecule has 3 aromatic rings. The number of alkyl halides is 3. The van der Waals surface area contributed by atoms with Crippen molar-refractivity contribution in [2.75, 3.05) is 62.3 Å². The second kappa shape index (κ2) is 23.6. The molecule has 0 saturated carbocycles. The highest BCUT2D eigenvalue weighted by Gasteiger charge is 2.32. The number of quaternary nitrogens is 1. The Hall–Kier alpha value is -4.12. The smallest absolute Gasteiger partial charge is 0.349 e. The SMILES string of the molecule is C[N+](CCC[C@H](NC(=O)C(N)CS)C(=O)N[C@@H](Cc1ccc(C(F)(F)F)cc1)C(=O)Nc1cnc2ccccc2c1)(CCNC(=O)C(N)CS)CCNC(=O)C(N)CS. The van der Waals surface area contributed by atoms with Crippen molar-refractivity contribution < 1.29 is 41.6 Å². The number of carbonyl (C=O) groups is 5. The molecule has 0 aliphatic rings. The summed E-state index contributed by atoms with van der Waals surface area (Å²) in [5, 5.41) is 14.4. The fourth-order valence-corrected chi connectivity index (χ4v) is 6.38. The van der Waals surface area contributed by atoms with Gasteiger partial charge in [-0.3, -0.25) is 29.0 Å². The van der Waals surface area contributed by atoms with Crippen LogP contribution in [0.1, 0.15) is 24.0 Å². The number of hydrogen-bond acceptors (Lipinski definition) is 12. The molecule has 0 aliphatic carbocycles. The number of nitrogens with zero attached hydrogens (tertiary/aromatic N) is 2. The molecule has 0 radical (unpaired) electrons. The third kappa shape index (κ3) is 16.1. The maximum absolute atomic E-state index is 14.1. The number of para-hydroxylation sites is 1. The Balaban J connectivity index is 1.86. The summed E-state index contributed by atoms with van der Waals surface area (Å²) in [6.45, 7) is 1.64. The van der Waals surface area contributed by atoms with Gasteiger partial charge in [-0.2, -0.15) is 51.1 Å². The summed E-state index contributed by atoms with van der Waals surface area (Å²) in [6, 6.07) is 7.90. The molecule has 0 bridgehead atoms. The van der Waals surface area contributed by atoms with Gasteiger partial charge < -0.3 is 48.3 Å². The molecule has 2 aromatic carbocycles. The molecule has 324 valence electrons. The third-order valence-corrected chi connectivity index (χ3v) is 10.7. The van der Waals surface area contributed by atoms with Gasteiger partial charge in [0.05, 0.1) is 80.9 Å². The minimum Gasteiger partial charge on any atom is -0.349 e. The Kier molecular flexibility index (Phi) is 19.7. The summed E-state index contributed by atoms with van der Waals surface area (Å²) in [5.74, 6) is -2.60. The largest absolute Gasteiger partial charge is 0.416 e. The highest BCUT2D eigenvalue weighted by Crippen LogP contribution is 2.29. The molecule has 5 amide bonds. The molecular weight excluding hydrogens is 830 g/mol. The first kappa shape index (κ1) is 49.2. The van der Waals surface area contributed by atoms with Crippen molar-refractivity contribution in [2.24, 2.45) is 17.2 Å². The van der Waals surface area contributed by atoms with Gasteiger partial charge >= 0.3 is 6.18 Å². The van der Waals surface area contributed by atoms with Crippen LogP contribution in [0.2, 0.25) is 0 Å². The Labute approximate surface area is 357 Å². The summed E-state index contributed by atoms with van der Waals surface area (Å²) in [6.07, 6.45) is -2.97. The molecule has 5 atom stereocenters. The van der Waals surface area contributed by atoms with E-state index in [1.807, 2.05) is 13.1 Å². The molecule has 3 rings (SSSR count). The molecular formula is C38H54F3N10O5S3+. The fourth-order valence-electron chi connectivity index (χ4n) is 5.88. The van der Waals surface area contributed by atoms with Gasteiger partial charge in [0.2, 0.25) is 29.5 Å². The Morgan fingerprint density at radius 3 is 1.83 bits per heavy atom. The monoisotopic (exact) mass is 883 g/mol. The van der Waals surface area contributed by atoms with Crippen molar-refractivity contribution in [1.82, 2.24) is 26.3 Å². The van der Waals surface area contributed by atoms with E-state index in [1.54, 1.807) is 24.3 Å². The Morgan fingerprint density at radius 2 is 1.27 bits per heavy atom. The number of halogens is 3. The number of pyridine rings is 1. The number of likely N-dealkylation sites (N-methyl/N-ethyl adjacent to an activating group) is 1. The van der Waals surface area contributed by atoms with Gasteiger partial charge in [0.15, 0.2) is 0 Å². The van der Waals surface area contributed by atoms with Crippen molar-refractivity contribution in [3.05, 3.63) is 71.9 Å². The maximum atomic E-state index is 14.1. The van der Waals surface area contributed by atoms with Gasteiger partial charge in [-0.05, 0) is 42.7 Å². The molecule has 0 fully saturated rings. The standard InChI is InChI=1S/C38H53F3N10O5S3/c1-51(15-12-45-33(52)27(42)20-57,16-13-46-34(53)28(43)21-58)14-4-7-31(49-35(54)29(44)22-59)36(55)50-32(17-23-8-10-25(11-9-23)38(39,40)41)37(56)48-26-18-24-5-2-3-6-30(24)47-19-26/h2-3,5-6,8-11,18-19,27-29,31-32H,4,7,12-17,20-22,42-44H2,1H3,(H7-,45,46,48,49,50,52,53,54,55,56,57,58,59)/p+1/t27?,28?,29?,31-,32-,51?/m0/s1. The average Bonchev–Trinajstić information content (AvgIpc) is 3.21. The number of carbonyl (C=O) groups excluding carboxylic acids is 5. The highest BCUT2D eigenvalue weighted by molar-refractivity contribution is 7.80. The number of rotatable bonds is 23. The van der Waals surface area contributed by atoms with Gasteiger partial charge in [0.1, 0.15) is 12.1 Å². The normalized spacial score (nSPS) is 15.2. The first-order valence-corrected chi connectivity index (χ1v) is 20.7. The lowest BCUT2D eigenvalue weighted by Crippen LogP contribution is -2.57. The summed E-state index contributed by atoms with van der Waals surface area (Å²) < 4.78 is 40.3. The number of amides is 5. The van der Waals surface area contributed by atoms with Crippen LogP contribution >= 0.6 is 37.9 Å². The van der Waals surface area contributed by atoms with Gasteiger partial charge in [-0.25, -0.2) is 0 Å². The topological polar surface area (TPSA) is 236 Å². The number of fused-ring (bicyclic) bond motifs is 1. The van der Waals surface area contributed by atoms with E-state index in [2.05, 4.69) is 69.5 Å². The second-order valence-electron chi connectivity index (χ2n) is 14.3. The number of anilines is 1. The number of aromatic nitrogens is 1. The van der Waals surface area contributed by atoms with E-state index in [4.69, 9.17) is 17.2 Å². The van der Waals surface area contributed by atoms with Gasteiger partial charge in [-0.1, -0.05) is 30.3 Å². The molecule has 1 aromatic heterocycles. The quantitative estimate of drug-likeness (QED) is 0.0473. The molecule has 11 N–H and O–H groups in total. The molecule has 15 nitrogen and oxygen atoms in total. The lowest BCUT2D eigenvalue weighted by atomic mass is 10.0. The lowest BCUT2D eigenvalue weighted by molar-refractivity contribution is -0.907. The summed E-state index contributed by atoms with van der Waals surface area (Å²) >= 11 is 12.2. The number of nitrogens with one attached hydrogen (secondary N) is 5. The number of thiol groups is 3. The van der Waals surface area contributed by atoms with Crippen LogP contribution in [-0.2, 0) is 36.6 Å². The van der Waals surface area contributed by atoms with Crippen molar-refractivity contribution in [3.63, 3.8) is 0 Å². The minimum atomic E-state index is -4.58. The lowest BCUT2D eigenvalue weighted by Gasteiger charge is -2.35. The molecule has 0 spiro atoms. The minimum absolute atomic E-state index is 0.0287. The first-order chi connectivity index (χ1) is 27.9. The molecule has 0 saturated heterocycles. The fraction of sp³-hybridized carbons (Fsp3) is 0.474. The van der Waals surface area contributed by atoms with E-state index >= 15 is 0 Å². The van der Waals surface area contributed by atoms with Crippen LogP contribution in [0.25, 0.3) is 10.9 Å². The van der Waals surface area contributed by atoms with Crippen LogP contribution in [0.5, 0.6) is 0 Å². The van der Waals surface area contributed by atoms with Crippen molar-refractivity contribution in [1.29, 1.82) is 0 Å². The van der Waals surface area contributed by atoms with Crippen LogP contribution in [0.15, 0.2) is 60.8 Å². The zero-order valence-corrected chi connectivity index (χ0v) is 35.3. The van der Waals surface area contributed by atoms with Crippen LogP contribution in [0, 0.1) is 0 Å².